The van der Waals surface area contributed by atoms with Crippen LogP contribution in [0.15, 0.2) is 361 Å². The zero-order valence-corrected chi connectivity index (χ0v) is 52.3. The minimum Gasteiger partial charge on any atom is -0.456 e. The molecule has 20 aromatic rings. The number of benzene rings is 18. The number of hydrogen-bond acceptors (Lipinski definition) is 2. The molecule has 2 heteroatoms. The lowest BCUT2D eigenvalue weighted by molar-refractivity contribution is 0.669. The van der Waals surface area contributed by atoms with E-state index in [4.69, 9.17) is 8.83 Å². The molecular weight excluding hydrogens is 1160 g/mol. The Bertz CT molecular complexity index is 6390. The van der Waals surface area contributed by atoms with Gasteiger partial charge in [-0.25, -0.2) is 0 Å². The van der Waals surface area contributed by atoms with Crippen LogP contribution < -0.4 is 0 Å². The highest BCUT2D eigenvalue weighted by Gasteiger charge is 2.21. The molecule has 0 saturated heterocycles. The van der Waals surface area contributed by atoms with Gasteiger partial charge in [0.2, 0.25) is 0 Å². The van der Waals surface area contributed by atoms with Crippen molar-refractivity contribution < 1.29 is 8.83 Å². The Morgan fingerprint density at radius 3 is 0.833 bits per heavy atom. The maximum atomic E-state index is 6.30. The molecule has 0 saturated carbocycles. The van der Waals surface area contributed by atoms with Crippen molar-refractivity contribution in [3.8, 4) is 77.9 Å². The zero-order chi connectivity index (χ0) is 63.2. The second-order valence-corrected chi connectivity index (χ2v) is 25.4. The van der Waals surface area contributed by atoms with Gasteiger partial charge in [-0.1, -0.05) is 285 Å². The Labute approximate surface area is 554 Å². The molecule has 0 bridgehead atoms. The van der Waals surface area contributed by atoms with Crippen molar-refractivity contribution in [1.29, 1.82) is 0 Å². The van der Waals surface area contributed by atoms with E-state index in [2.05, 4.69) is 352 Å². The van der Waals surface area contributed by atoms with Gasteiger partial charge in [-0.2, -0.15) is 0 Å². The lowest BCUT2D eigenvalue weighted by Crippen LogP contribution is -1.91. The van der Waals surface area contributed by atoms with Gasteiger partial charge in [0, 0.05) is 21.5 Å². The molecule has 0 unspecified atom stereocenters. The van der Waals surface area contributed by atoms with Gasteiger partial charge >= 0.3 is 0 Å². The van der Waals surface area contributed by atoms with Crippen LogP contribution in [0.25, 0.3) is 197 Å². The van der Waals surface area contributed by atoms with Crippen molar-refractivity contribution >= 4 is 119 Å². The molecule has 0 spiro atoms. The van der Waals surface area contributed by atoms with Gasteiger partial charge in [0.25, 0.3) is 0 Å². The first-order chi connectivity index (χ1) is 47.6. The third-order valence-corrected chi connectivity index (χ3v) is 19.8. The summed E-state index contributed by atoms with van der Waals surface area (Å²) >= 11 is 0. The molecule has 2 nitrogen and oxygen atoms in total. The molecule has 0 N–H and O–H groups in total. The number of fused-ring (bicyclic) bond motifs is 13. The lowest BCUT2D eigenvalue weighted by Gasteiger charge is -2.18. The fraction of sp³-hybridized carbons (Fsp3) is 0. The summed E-state index contributed by atoms with van der Waals surface area (Å²) in [4.78, 5) is 0. The molecular formula is C94H58O2. The average molecular weight is 1220 g/mol. The molecule has 0 radical (unpaired) electrons. The monoisotopic (exact) mass is 1220 g/mol. The maximum absolute atomic E-state index is 6.30. The predicted molar refractivity (Wildman–Crippen MR) is 408 cm³/mol. The Hall–Kier alpha value is -12.6. The molecule has 2 aromatic heterocycles. The molecule has 2 heterocycles. The zero-order valence-electron chi connectivity index (χ0n) is 52.3. The summed E-state index contributed by atoms with van der Waals surface area (Å²) in [6.45, 7) is 0. The molecule has 20 rings (SSSR count). The summed E-state index contributed by atoms with van der Waals surface area (Å²) in [5, 5.41) is 22.0. The normalized spacial score (nSPS) is 11.8. The molecule has 446 valence electrons. The van der Waals surface area contributed by atoms with Crippen molar-refractivity contribution in [2.45, 2.75) is 0 Å². The second kappa shape index (κ2) is 22.6. The summed E-state index contributed by atoms with van der Waals surface area (Å²) in [5.41, 5.74) is 20.8. The lowest BCUT2D eigenvalue weighted by atomic mass is 9.85. The highest BCUT2D eigenvalue weighted by molar-refractivity contribution is 6.23. The average Bonchev–Trinajstić information content (AvgIpc) is 1.02. The minimum absolute atomic E-state index is 0.913. The fourth-order valence-corrected chi connectivity index (χ4v) is 15.3. The third kappa shape index (κ3) is 9.33. The van der Waals surface area contributed by atoms with Crippen LogP contribution in [0.2, 0.25) is 0 Å². The van der Waals surface area contributed by atoms with Gasteiger partial charge in [-0.05, 0) is 220 Å². The molecule has 0 atom stereocenters. The van der Waals surface area contributed by atoms with Crippen LogP contribution in [0.1, 0.15) is 0 Å². The molecule has 0 aliphatic carbocycles. The summed E-state index contributed by atoms with van der Waals surface area (Å²) in [6.07, 6.45) is 0. The van der Waals surface area contributed by atoms with Crippen molar-refractivity contribution in [2.75, 3.05) is 0 Å². The Kier molecular flexibility index (Phi) is 13.0. The van der Waals surface area contributed by atoms with Crippen LogP contribution in [0.3, 0.4) is 0 Å². The van der Waals surface area contributed by atoms with Gasteiger partial charge in [0.05, 0.1) is 0 Å². The van der Waals surface area contributed by atoms with Crippen LogP contribution in [-0.4, -0.2) is 0 Å². The Morgan fingerprint density at radius 1 is 0.125 bits per heavy atom. The van der Waals surface area contributed by atoms with Crippen LogP contribution in [-0.2, 0) is 0 Å². The van der Waals surface area contributed by atoms with E-state index in [1.54, 1.807) is 0 Å². The first-order valence-corrected chi connectivity index (χ1v) is 33.0. The number of hydrogen-bond donors (Lipinski definition) is 0. The Morgan fingerprint density at radius 2 is 0.396 bits per heavy atom. The van der Waals surface area contributed by atoms with E-state index in [0.29, 0.717) is 0 Å². The first-order valence-electron chi connectivity index (χ1n) is 33.0. The molecule has 18 aromatic carbocycles. The number of furan rings is 2. The van der Waals surface area contributed by atoms with Crippen LogP contribution in [0.5, 0.6) is 0 Å². The van der Waals surface area contributed by atoms with Gasteiger partial charge in [0.1, 0.15) is 22.3 Å². The van der Waals surface area contributed by atoms with Crippen LogP contribution >= 0.6 is 0 Å². The highest BCUT2D eigenvalue weighted by atomic mass is 16.3. The van der Waals surface area contributed by atoms with E-state index < -0.39 is 0 Å². The summed E-state index contributed by atoms with van der Waals surface area (Å²) in [7, 11) is 0. The largest absolute Gasteiger partial charge is 0.456 e. The third-order valence-electron chi connectivity index (χ3n) is 19.8. The minimum atomic E-state index is 0.913. The first kappa shape index (κ1) is 55.1. The van der Waals surface area contributed by atoms with Crippen molar-refractivity contribution in [3.05, 3.63) is 352 Å². The van der Waals surface area contributed by atoms with Gasteiger partial charge in [0.15, 0.2) is 0 Å². The Balaban J connectivity index is 0.000000138. The van der Waals surface area contributed by atoms with E-state index in [0.717, 1.165) is 43.9 Å². The molecule has 0 aliphatic heterocycles. The van der Waals surface area contributed by atoms with Crippen LogP contribution in [0, 0.1) is 0 Å². The predicted octanol–water partition coefficient (Wildman–Crippen LogP) is 26.9. The fourth-order valence-electron chi connectivity index (χ4n) is 15.3. The maximum Gasteiger partial charge on any atom is 0.136 e. The van der Waals surface area contributed by atoms with Gasteiger partial charge < -0.3 is 8.83 Å². The molecule has 0 fully saturated rings. The summed E-state index contributed by atoms with van der Waals surface area (Å²) in [5.74, 6) is 0. The summed E-state index contributed by atoms with van der Waals surface area (Å²) < 4.78 is 12.6. The second-order valence-electron chi connectivity index (χ2n) is 25.4. The molecule has 96 heavy (non-hydrogen) atoms. The van der Waals surface area contributed by atoms with Crippen molar-refractivity contribution in [2.24, 2.45) is 0 Å². The van der Waals surface area contributed by atoms with Crippen molar-refractivity contribution in [3.63, 3.8) is 0 Å². The van der Waals surface area contributed by atoms with Gasteiger partial charge in [-0.15, -0.1) is 0 Å². The van der Waals surface area contributed by atoms with E-state index in [9.17, 15) is 0 Å². The van der Waals surface area contributed by atoms with Crippen molar-refractivity contribution in [1.82, 2.24) is 0 Å². The number of rotatable bonds is 7. The SMILES string of the molecule is c1cc(-c2ccc3ccccc3c2)cc(-c2c3ccccc3c(-c3ccc(-c4ccc5oc6cc7ccccc7cc6c5c4)cc3)c3ccccc23)c1.c1ccc(-c2c3ccccc3c(-c3cccc(-c4ccc5oc6cc7ccccc7cc6c5c4)c3)c3ccccc23)cc1. The highest BCUT2D eigenvalue weighted by Crippen LogP contribution is 2.48. The quantitative estimate of drug-likeness (QED) is 0.149. The van der Waals surface area contributed by atoms with E-state index >= 15 is 0 Å². The smallest absolute Gasteiger partial charge is 0.136 e. The van der Waals surface area contributed by atoms with Gasteiger partial charge in [-0.3, -0.25) is 0 Å². The standard InChI is InChI=1S/C52H32O.C42H26O/c1-2-11-36-28-40(25-22-33(36)10-1)37-14-9-15-42(29-37)52-45-18-7-5-16-43(45)51(44-17-6-8-19-46(44)52)35-23-20-34(21-24-35)41-26-27-49-47(31-41)48-30-38-12-3-4-13-39(38)32-50(48)53-49;1-2-11-27(12-3-1)41-33-17-6-8-19-35(33)42(36-20-9-7-18-34(36)41)32-16-10-15-28(23-32)31-21-22-39-37(25-31)38-24-29-13-4-5-14-30(29)26-40(38)43-39/h1-32H;1-26H. The topological polar surface area (TPSA) is 26.3 Å². The van der Waals surface area contributed by atoms with E-state index in [-0.39, 0.29) is 0 Å². The van der Waals surface area contributed by atoms with Crippen LogP contribution in [0.4, 0.5) is 0 Å². The molecule has 0 aliphatic rings. The molecule has 0 amide bonds. The summed E-state index contributed by atoms with van der Waals surface area (Å²) in [6, 6.07) is 128. The van der Waals surface area contributed by atoms with E-state index in [1.807, 2.05) is 0 Å². The van der Waals surface area contributed by atoms with E-state index in [1.165, 1.54) is 153 Å².